The highest BCUT2D eigenvalue weighted by Crippen LogP contribution is 2.33. The normalized spacial score (nSPS) is 14.7. The minimum absolute atomic E-state index is 0.0306. The van der Waals surface area contributed by atoms with Gasteiger partial charge in [0, 0.05) is 50.6 Å². The zero-order valence-corrected chi connectivity index (χ0v) is 21.5. The van der Waals surface area contributed by atoms with Gasteiger partial charge in [-0.25, -0.2) is 13.9 Å². The molecule has 0 saturated carbocycles. The van der Waals surface area contributed by atoms with E-state index in [2.05, 4.69) is 20.2 Å². The standard InChI is InChI=1S/C28H28FN7O3/c1-38-26(19-5-3-2-4-6-19)28(37)35-12-10-34(11-13-35)24-8-7-20(16-30-24)22-15-21(39-14-9-29)18-36-25(22)23-17-31-32-27(23)33-36/h2-8,15-18,26H,9-14H2,1H3,(H,32,33)/t26-/m1/s1. The summed E-state index contributed by atoms with van der Waals surface area (Å²) >= 11 is 0. The molecule has 11 heteroatoms. The number of carbonyl (C=O) groups is 1. The van der Waals surface area contributed by atoms with E-state index in [9.17, 15) is 9.18 Å². The molecule has 1 N–H and O–H groups in total. The fraction of sp³-hybridized carbons (Fsp3) is 0.286. The van der Waals surface area contributed by atoms with Crippen molar-refractivity contribution in [1.82, 2.24) is 29.7 Å². The van der Waals surface area contributed by atoms with E-state index in [4.69, 9.17) is 14.5 Å². The number of ether oxygens (including phenoxy) is 2. The lowest BCUT2D eigenvalue weighted by Gasteiger charge is -2.36. The third-order valence-corrected chi connectivity index (χ3v) is 6.98. The SMILES string of the molecule is CO[C@@H](C(=O)N1CCN(c2ccc(-c3cc(OCCF)cn4nc5[nH]ncc5c34)cn2)CC1)c1ccccc1. The van der Waals surface area contributed by atoms with Crippen LogP contribution >= 0.6 is 0 Å². The summed E-state index contributed by atoms with van der Waals surface area (Å²) in [6, 6.07) is 15.4. The number of amides is 1. The number of hydrogen-bond donors (Lipinski definition) is 1. The molecular weight excluding hydrogens is 501 g/mol. The van der Waals surface area contributed by atoms with Gasteiger partial charge in [-0.1, -0.05) is 30.3 Å². The van der Waals surface area contributed by atoms with Crippen LogP contribution < -0.4 is 9.64 Å². The number of pyridine rings is 2. The third-order valence-electron chi connectivity index (χ3n) is 6.98. The third kappa shape index (κ3) is 4.76. The number of nitrogens with zero attached hydrogens (tertiary/aromatic N) is 6. The van der Waals surface area contributed by atoms with Gasteiger partial charge in [0.25, 0.3) is 5.91 Å². The van der Waals surface area contributed by atoms with E-state index in [0.717, 1.165) is 33.4 Å². The van der Waals surface area contributed by atoms with Gasteiger partial charge in [-0.15, -0.1) is 5.10 Å². The molecule has 1 aliphatic rings. The molecule has 5 heterocycles. The quantitative estimate of drug-likeness (QED) is 0.327. The maximum atomic E-state index is 13.1. The van der Waals surface area contributed by atoms with Crippen LogP contribution in [0.4, 0.5) is 10.2 Å². The molecule has 4 aromatic heterocycles. The van der Waals surface area contributed by atoms with Crippen molar-refractivity contribution in [3.8, 4) is 16.9 Å². The number of fused-ring (bicyclic) bond motifs is 3. The summed E-state index contributed by atoms with van der Waals surface area (Å²) in [7, 11) is 1.56. The Balaban J connectivity index is 1.20. The topological polar surface area (TPSA) is 101 Å². The first kappa shape index (κ1) is 24.8. The number of carbonyl (C=O) groups excluding carboxylic acids is 1. The van der Waals surface area contributed by atoms with Crippen LogP contribution in [0.25, 0.3) is 27.7 Å². The maximum absolute atomic E-state index is 13.1. The van der Waals surface area contributed by atoms with Gasteiger partial charge in [0.15, 0.2) is 11.8 Å². The van der Waals surface area contributed by atoms with Crippen LogP contribution in [0.2, 0.25) is 0 Å². The van der Waals surface area contributed by atoms with Crippen molar-refractivity contribution in [3.63, 3.8) is 0 Å². The molecule has 1 aromatic carbocycles. The molecule has 0 radical (unpaired) electrons. The van der Waals surface area contributed by atoms with Crippen molar-refractivity contribution in [2.75, 3.05) is 51.5 Å². The van der Waals surface area contributed by atoms with Crippen LogP contribution in [0.3, 0.4) is 0 Å². The highest BCUT2D eigenvalue weighted by atomic mass is 19.1. The van der Waals surface area contributed by atoms with Gasteiger partial charge in [0.05, 0.1) is 23.3 Å². The van der Waals surface area contributed by atoms with Gasteiger partial charge in [0.1, 0.15) is 24.8 Å². The smallest absolute Gasteiger partial charge is 0.256 e. The van der Waals surface area contributed by atoms with Gasteiger partial charge in [-0.2, -0.15) is 5.10 Å². The van der Waals surface area contributed by atoms with E-state index in [-0.39, 0.29) is 12.5 Å². The molecular formula is C28H28FN7O3. The predicted octanol–water partition coefficient (Wildman–Crippen LogP) is 3.66. The zero-order chi connectivity index (χ0) is 26.8. The lowest BCUT2D eigenvalue weighted by molar-refractivity contribution is -0.142. The Hall–Kier alpha value is -4.51. The van der Waals surface area contributed by atoms with Crippen LogP contribution in [0.5, 0.6) is 5.75 Å². The molecule has 0 bridgehead atoms. The van der Waals surface area contributed by atoms with E-state index in [1.54, 1.807) is 24.0 Å². The maximum Gasteiger partial charge on any atom is 0.256 e. The van der Waals surface area contributed by atoms with Crippen molar-refractivity contribution < 1.29 is 18.7 Å². The molecule has 5 aromatic rings. The number of alkyl halides is 1. The fourth-order valence-electron chi connectivity index (χ4n) is 5.06. The summed E-state index contributed by atoms with van der Waals surface area (Å²) in [5.74, 6) is 1.32. The molecule has 0 spiro atoms. The van der Waals surface area contributed by atoms with Gasteiger partial charge in [-0.05, 0) is 23.8 Å². The van der Waals surface area contributed by atoms with Crippen molar-refractivity contribution in [2.45, 2.75) is 6.10 Å². The molecule has 1 aliphatic heterocycles. The number of methoxy groups -OCH3 is 1. The number of H-pyrrole nitrogens is 1. The molecule has 1 atom stereocenters. The summed E-state index contributed by atoms with van der Waals surface area (Å²) in [5, 5.41) is 12.4. The first-order valence-corrected chi connectivity index (χ1v) is 12.8. The van der Waals surface area contributed by atoms with Crippen LogP contribution in [-0.4, -0.2) is 82.2 Å². The summed E-state index contributed by atoms with van der Waals surface area (Å²) in [5.41, 5.74) is 4.09. The van der Waals surface area contributed by atoms with Crippen molar-refractivity contribution in [2.24, 2.45) is 0 Å². The lowest BCUT2D eigenvalue weighted by atomic mass is 10.1. The number of nitrogens with one attached hydrogen (secondary N) is 1. The number of halogens is 1. The number of benzene rings is 1. The molecule has 6 rings (SSSR count). The van der Waals surface area contributed by atoms with E-state index >= 15 is 0 Å². The number of hydrogen-bond acceptors (Lipinski definition) is 7. The van der Waals surface area contributed by atoms with E-state index < -0.39 is 12.8 Å². The summed E-state index contributed by atoms with van der Waals surface area (Å²) in [6.45, 7) is 1.88. The Bertz CT molecular complexity index is 1580. The molecule has 1 saturated heterocycles. The van der Waals surface area contributed by atoms with Gasteiger partial charge in [-0.3, -0.25) is 9.89 Å². The average Bonchev–Trinajstić information content (AvgIpc) is 3.58. The lowest BCUT2D eigenvalue weighted by Crippen LogP contribution is -2.50. The van der Waals surface area contributed by atoms with Crippen LogP contribution in [-0.2, 0) is 9.53 Å². The van der Waals surface area contributed by atoms with Gasteiger partial charge in [0.2, 0.25) is 0 Å². The molecule has 10 nitrogen and oxygen atoms in total. The molecule has 0 unspecified atom stereocenters. The monoisotopic (exact) mass is 529 g/mol. The van der Waals surface area contributed by atoms with Crippen LogP contribution in [0.1, 0.15) is 11.7 Å². The molecule has 1 amide bonds. The Kier molecular flexibility index (Phi) is 6.80. The van der Waals surface area contributed by atoms with Crippen molar-refractivity contribution in [3.05, 3.63) is 72.7 Å². The molecule has 39 heavy (non-hydrogen) atoms. The highest BCUT2D eigenvalue weighted by molar-refractivity contribution is 6.00. The number of anilines is 1. The number of piperazine rings is 1. The zero-order valence-electron chi connectivity index (χ0n) is 21.5. The predicted molar refractivity (Wildman–Crippen MR) is 145 cm³/mol. The second-order valence-electron chi connectivity index (χ2n) is 9.30. The Morgan fingerprint density at radius 3 is 2.64 bits per heavy atom. The first-order chi connectivity index (χ1) is 19.2. The second kappa shape index (κ2) is 10.7. The minimum Gasteiger partial charge on any atom is -0.489 e. The fourth-order valence-corrected chi connectivity index (χ4v) is 5.06. The summed E-state index contributed by atoms with van der Waals surface area (Å²) in [6.07, 6.45) is 4.67. The van der Waals surface area contributed by atoms with Crippen LogP contribution in [0.15, 0.2) is 67.1 Å². The summed E-state index contributed by atoms with van der Waals surface area (Å²) < 4.78 is 25.6. The largest absolute Gasteiger partial charge is 0.489 e. The molecule has 1 fully saturated rings. The highest BCUT2D eigenvalue weighted by Gasteiger charge is 2.29. The number of aromatic amines is 1. The minimum atomic E-state index is -0.609. The molecule has 0 aliphatic carbocycles. The van der Waals surface area contributed by atoms with Gasteiger partial charge < -0.3 is 19.3 Å². The van der Waals surface area contributed by atoms with E-state index in [0.29, 0.717) is 37.6 Å². The van der Waals surface area contributed by atoms with Gasteiger partial charge >= 0.3 is 0 Å². The summed E-state index contributed by atoms with van der Waals surface area (Å²) in [4.78, 5) is 21.9. The average molecular weight is 530 g/mol. The Morgan fingerprint density at radius 2 is 1.92 bits per heavy atom. The van der Waals surface area contributed by atoms with E-state index in [1.807, 2.05) is 59.6 Å². The Morgan fingerprint density at radius 1 is 1.10 bits per heavy atom. The van der Waals surface area contributed by atoms with Crippen LogP contribution in [0, 0.1) is 0 Å². The second-order valence-corrected chi connectivity index (χ2v) is 9.30. The molecule has 200 valence electrons. The Labute approximate surface area is 224 Å². The first-order valence-electron chi connectivity index (χ1n) is 12.8. The van der Waals surface area contributed by atoms with Crippen molar-refractivity contribution in [1.29, 1.82) is 0 Å². The number of rotatable bonds is 8. The van der Waals surface area contributed by atoms with E-state index in [1.165, 1.54) is 0 Å². The number of aromatic nitrogens is 5. The van der Waals surface area contributed by atoms with Crippen molar-refractivity contribution >= 4 is 28.3 Å².